The van der Waals surface area contributed by atoms with Gasteiger partial charge in [-0.3, -0.25) is 19.4 Å². The van der Waals surface area contributed by atoms with E-state index in [-0.39, 0.29) is 5.91 Å². The Balaban J connectivity index is 1.32. The standard InChI is InChI=1S/C21H23N7O/c1-26(15-20(29)23-21-25-24-19-8-4-5-11-28(19)21)17-9-12-27(13-10-17)18-7-3-2-6-16(18)14-22/h2-8,11,17H,9-10,12-13,15H2,1H3,(H,23,25,29). The highest BCUT2D eigenvalue weighted by Crippen LogP contribution is 2.25. The zero-order valence-electron chi connectivity index (χ0n) is 16.3. The predicted octanol–water partition coefficient (Wildman–Crippen LogP) is 2.14. The zero-order valence-corrected chi connectivity index (χ0v) is 16.3. The van der Waals surface area contributed by atoms with Crippen LogP contribution in [0.25, 0.3) is 5.65 Å². The highest BCUT2D eigenvalue weighted by molar-refractivity contribution is 5.90. The van der Waals surface area contributed by atoms with Crippen LogP contribution >= 0.6 is 0 Å². The average Bonchev–Trinajstić information content (AvgIpc) is 3.16. The molecule has 0 spiro atoms. The van der Waals surface area contributed by atoms with Crippen LogP contribution in [0.1, 0.15) is 18.4 Å². The van der Waals surface area contributed by atoms with E-state index >= 15 is 0 Å². The number of carbonyl (C=O) groups is 1. The molecule has 1 aliphatic heterocycles. The van der Waals surface area contributed by atoms with Gasteiger partial charge < -0.3 is 4.90 Å². The number of aromatic nitrogens is 3. The van der Waals surface area contributed by atoms with Gasteiger partial charge in [0.05, 0.1) is 17.8 Å². The van der Waals surface area contributed by atoms with E-state index in [2.05, 4.69) is 31.4 Å². The van der Waals surface area contributed by atoms with Crippen molar-refractivity contribution in [3.63, 3.8) is 0 Å². The highest BCUT2D eigenvalue weighted by Gasteiger charge is 2.25. The largest absolute Gasteiger partial charge is 0.370 e. The molecule has 0 aliphatic carbocycles. The van der Waals surface area contributed by atoms with Crippen LogP contribution in [0.3, 0.4) is 0 Å². The molecule has 1 aliphatic rings. The van der Waals surface area contributed by atoms with Gasteiger partial charge in [-0.2, -0.15) is 5.26 Å². The van der Waals surface area contributed by atoms with Gasteiger partial charge in [0.25, 0.3) is 0 Å². The number of amides is 1. The van der Waals surface area contributed by atoms with Crippen molar-refractivity contribution in [1.29, 1.82) is 5.26 Å². The Labute approximate surface area is 169 Å². The minimum Gasteiger partial charge on any atom is -0.370 e. The topological polar surface area (TPSA) is 89.6 Å². The van der Waals surface area contributed by atoms with E-state index in [1.54, 1.807) is 4.40 Å². The SMILES string of the molecule is CN(CC(=O)Nc1nnc2ccccn12)C1CCN(c2ccccc2C#N)CC1. The summed E-state index contributed by atoms with van der Waals surface area (Å²) in [6, 6.07) is 15.9. The van der Waals surface area contributed by atoms with Gasteiger partial charge in [0.1, 0.15) is 6.07 Å². The van der Waals surface area contributed by atoms with Gasteiger partial charge in [0.15, 0.2) is 5.65 Å². The molecule has 29 heavy (non-hydrogen) atoms. The number of anilines is 2. The van der Waals surface area contributed by atoms with Gasteiger partial charge in [-0.25, -0.2) is 0 Å². The monoisotopic (exact) mass is 389 g/mol. The molecule has 1 amide bonds. The number of piperidine rings is 1. The number of nitrogens with one attached hydrogen (secondary N) is 1. The summed E-state index contributed by atoms with van der Waals surface area (Å²) < 4.78 is 1.75. The van der Waals surface area contributed by atoms with Crippen LogP contribution < -0.4 is 10.2 Å². The minimum absolute atomic E-state index is 0.108. The van der Waals surface area contributed by atoms with Crippen molar-refractivity contribution in [3.8, 4) is 6.07 Å². The summed E-state index contributed by atoms with van der Waals surface area (Å²) in [5.74, 6) is 0.324. The van der Waals surface area contributed by atoms with Crippen molar-refractivity contribution in [2.45, 2.75) is 18.9 Å². The number of carbonyl (C=O) groups excluding carboxylic acids is 1. The van der Waals surface area contributed by atoms with Crippen LogP contribution in [0.5, 0.6) is 0 Å². The Morgan fingerprint density at radius 3 is 2.76 bits per heavy atom. The fourth-order valence-corrected chi connectivity index (χ4v) is 3.84. The highest BCUT2D eigenvalue weighted by atomic mass is 16.2. The molecule has 0 bridgehead atoms. The van der Waals surface area contributed by atoms with Gasteiger partial charge in [-0.1, -0.05) is 18.2 Å². The summed E-state index contributed by atoms with van der Waals surface area (Å²) in [6.45, 7) is 2.02. The maximum Gasteiger partial charge on any atom is 0.240 e. The van der Waals surface area contributed by atoms with E-state index in [0.717, 1.165) is 31.6 Å². The lowest BCUT2D eigenvalue weighted by atomic mass is 10.0. The van der Waals surface area contributed by atoms with E-state index in [1.807, 2.05) is 55.7 Å². The van der Waals surface area contributed by atoms with E-state index in [1.165, 1.54) is 0 Å². The Morgan fingerprint density at radius 1 is 1.21 bits per heavy atom. The number of benzene rings is 1. The summed E-state index contributed by atoms with van der Waals surface area (Å²) in [5.41, 5.74) is 2.40. The van der Waals surface area contributed by atoms with Crippen LogP contribution in [0, 0.1) is 11.3 Å². The maximum absolute atomic E-state index is 12.5. The second-order valence-electron chi connectivity index (χ2n) is 7.26. The summed E-state index contributed by atoms with van der Waals surface area (Å²) in [5, 5.41) is 20.3. The van der Waals surface area contributed by atoms with Crippen molar-refractivity contribution < 1.29 is 4.79 Å². The van der Waals surface area contributed by atoms with Gasteiger partial charge in [0.2, 0.25) is 11.9 Å². The lowest BCUT2D eigenvalue weighted by Gasteiger charge is -2.37. The Morgan fingerprint density at radius 2 is 1.97 bits per heavy atom. The first-order valence-corrected chi connectivity index (χ1v) is 9.69. The minimum atomic E-state index is -0.108. The molecule has 0 saturated carbocycles. The molecule has 1 N–H and O–H groups in total. The van der Waals surface area contributed by atoms with E-state index in [0.29, 0.717) is 29.7 Å². The lowest BCUT2D eigenvalue weighted by molar-refractivity contribution is -0.117. The number of hydrogen-bond acceptors (Lipinski definition) is 6. The van der Waals surface area contributed by atoms with Gasteiger partial charge in [-0.15, -0.1) is 10.2 Å². The first kappa shape index (κ1) is 18.9. The van der Waals surface area contributed by atoms with Crippen molar-refractivity contribution in [1.82, 2.24) is 19.5 Å². The lowest BCUT2D eigenvalue weighted by Crippen LogP contribution is -2.46. The molecular weight excluding hydrogens is 366 g/mol. The van der Waals surface area contributed by atoms with Gasteiger partial charge in [0, 0.05) is 25.3 Å². The number of fused-ring (bicyclic) bond motifs is 1. The van der Waals surface area contributed by atoms with Crippen LogP contribution in [0.15, 0.2) is 48.7 Å². The summed E-state index contributed by atoms with van der Waals surface area (Å²) >= 11 is 0. The summed E-state index contributed by atoms with van der Waals surface area (Å²) in [4.78, 5) is 16.8. The second-order valence-corrected chi connectivity index (χ2v) is 7.26. The first-order valence-electron chi connectivity index (χ1n) is 9.69. The molecule has 8 heteroatoms. The number of para-hydroxylation sites is 1. The quantitative estimate of drug-likeness (QED) is 0.719. The van der Waals surface area contributed by atoms with Crippen molar-refractivity contribution >= 4 is 23.2 Å². The Hall–Kier alpha value is -3.44. The number of pyridine rings is 1. The second kappa shape index (κ2) is 8.29. The van der Waals surface area contributed by atoms with Crippen LogP contribution in [-0.2, 0) is 4.79 Å². The third-order valence-corrected chi connectivity index (χ3v) is 5.41. The van der Waals surface area contributed by atoms with Crippen LogP contribution in [0.4, 0.5) is 11.6 Å². The average molecular weight is 389 g/mol. The first-order chi connectivity index (χ1) is 14.2. The molecule has 0 radical (unpaired) electrons. The molecule has 1 fully saturated rings. The van der Waals surface area contributed by atoms with E-state index in [4.69, 9.17) is 0 Å². The number of hydrogen-bond donors (Lipinski definition) is 1. The number of rotatable bonds is 5. The Kier molecular flexibility index (Phi) is 5.40. The molecule has 148 valence electrons. The van der Waals surface area contributed by atoms with Crippen molar-refractivity contribution in [2.24, 2.45) is 0 Å². The molecule has 8 nitrogen and oxygen atoms in total. The third kappa shape index (κ3) is 4.05. The number of nitriles is 1. The molecule has 1 aromatic carbocycles. The smallest absolute Gasteiger partial charge is 0.240 e. The molecule has 0 unspecified atom stereocenters. The maximum atomic E-state index is 12.5. The van der Waals surface area contributed by atoms with Gasteiger partial charge >= 0.3 is 0 Å². The fraction of sp³-hybridized carbons (Fsp3) is 0.333. The predicted molar refractivity (Wildman–Crippen MR) is 111 cm³/mol. The fourth-order valence-electron chi connectivity index (χ4n) is 3.84. The zero-order chi connectivity index (χ0) is 20.2. The van der Waals surface area contributed by atoms with Crippen LogP contribution in [0.2, 0.25) is 0 Å². The van der Waals surface area contributed by atoms with E-state index < -0.39 is 0 Å². The molecule has 1 saturated heterocycles. The molecule has 3 aromatic rings. The molecule has 3 heterocycles. The van der Waals surface area contributed by atoms with Gasteiger partial charge in [-0.05, 0) is 44.2 Å². The third-order valence-electron chi connectivity index (χ3n) is 5.41. The van der Waals surface area contributed by atoms with Crippen molar-refractivity contribution in [2.75, 3.05) is 36.9 Å². The molecule has 4 rings (SSSR count). The van der Waals surface area contributed by atoms with E-state index in [9.17, 15) is 10.1 Å². The van der Waals surface area contributed by atoms with Crippen LogP contribution in [-0.4, -0.2) is 58.1 Å². The Bertz CT molecular complexity index is 1050. The number of likely N-dealkylation sites (N-methyl/N-ethyl adjacent to an activating group) is 1. The normalized spacial score (nSPS) is 14.9. The molecular formula is C21H23N7O. The molecule has 2 aromatic heterocycles. The summed E-state index contributed by atoms with van der Waals surface area (Å²) in [7, 11) is 1.98. The molecule has 0 atom stereocenters. The number of nitrogens with zero attached hydrogens (tertiary/aromatic N) is 6. The summed E-state index contributed by atoms with van der Waals surface area (Å²) in [6.07, 6.45) is 3.71. The van der Waals surface area contributed by atoms with Crippen molar-refractivity contribution in [3.05, 3.63) is 54.2 Å².